The Morgan fingerprint density at radius 2 is 2.62 bits per heavy atom. The zero-order chi connectivity index (χ0) is 5.98. The van der Waals surface area contributed by atoms with Crippen LogP contribution in [-0.2, 0) is 9.53 Å². The standard InChI is InChI=1S/C5H8O3/c6-2-5-1-4(7)3-8-5/h5-6H,1-3H2/t5-/m0/s1. The summed E-state index contributed by atoms with van der Waals surface area (Å²) in [4.78, 5) is 10.4. The summed E-state index contributed by atoms with van der Waals surface area (Å²) < 4.78 is 4.81. The van der Waals surface area contributed by atoms with Crippen LogP contribution in [0.3, 0.4) is 0 Å². The molecule has 1 aliphatic rings. The maximum absolute atomic E-state index is 10.4. The summed E-state index contributed by atoms with van der Waals surface area (Å²) in [6.45, 7) is 0.150. The van der Waals surface area contributed by atoms with Crippen LogP contribution in [0.25, 0.3) is 0 Å². The molecule has 0 radical (unpaired) electrons. The van der Waals surface area contributed by atoms with Gasteiger partial charge in [-0.15, -0.1) is 0 Å². The first-order valence-electron chi connectivity index (χ1n) is 2.57. The summed E-state index contributed by atoms with van der Waals surface area (Å²) in [7, 11) is 0. The van der Waals surface area contributed by atoms with Gasteiger partial charge in [-0.3, -0.25) is 4.79 Å². The molecule has 1 aliphatic heterocycles. The summed E-state index contributed by atoms with van der Waals surface area (Å²) >= 11 is 0. The molecule has 1 saturated heterocycles. The molecule has 0 saturated carbocycles. The number of aliphatic hydroxyl groups is 1. The molecule has 3 heteroatoms. The molecular weight excluding hydrogens is 108 g/mol. The lowest BCUT2D eigenvalue weighted by molar-refractivity contribution is -0.117. The third kappa shape index (κ3) is 1.05. The molecule has 1 heterocycles. The molecule has 0 aromatic rings. The Bertz CT molecular complexity index is 99.8. The van der Waals surface area contributed by atoms with E-state index in [2.05, 4.69) is 0 Å². The fourth-order valence-electron chi connectivity index (χ4n) is 0.700. The maximum atomic E-state index is 10.4. The predicted octanol–water partition coefficient (Wildman–Crippen LogP) is -0.663. The molecule has 1 N–H and O–H groups in total. The van der Waals surface area contributed by atoms with Gasteiger partial charge in [0.05, 0.1) is 12.7 Å². The van der Waals surface area contributed by atoms with Crippen molar-refractivity contribution in [3.8, 4) is 0 Å². The largest absolute Gasteiger partial charge is 0.394 e. The average molecular weight is 116 g/mol. The average Bonchev–Trinajstić information content (AvgIpc) is 2.14. The van der Waals surface area contributed by atoms with Crippen LogP contribution < -0.4 is 0 Å². The molecule has 0 unspecified atom stereocenters. The van der Waals surface area contributed by atoms with Gasteiger partial charge < -0.3 is 9.84 Å². The minimum absolute atomic E-state index is 0.0360. The van der Waals surface area contributed by atoms with Crippen molar-refractivity contribution < 1.29 is 14.6 Å². The predicted molar refractivity (Wildman–Crippen MR) is 26.4 cm³/mol. The number of carbonyl (C=O) groups excluding carboxylic acids is 1. The molecule has 0 bridgehead atoms. The fourth-order valence-corrected chi connectivity index (χ4v) is 0.700. The van der Waals surface area contributed by atoms with E-state index in [1.54, 1.807) is 0 Å². The van der Waals surface area contributed by atoms with E-state index >= 15 is 0 Å². The topological polar surface area (TPSA) is 46.5 Å². The minimum Gasteiger partial charge on any atom is -0.394 e. The number of aliphatic hydroxyl groups excluding tert-OH is 1. The van der Waals surface area contributed by atoms with Gasteiger partial charge in [0.15, 0.2) is 5.78 Å². The number of hydrogen-bond acceptors (Lipinski definition) is 3. The molecule has 1 rings (SSSR count). The Labute approximate surface area is 47.3 Å². The monoisotopic (exact) mass is 116 g/mol. The number of hydrogen-bond donors (Lipinski definition) is 1. The quantitative estimate of drug-likeness (QED) is 0.494. The van der Waals surface area contributed by atoms with Gasteiger partial charge in [0.25, 0.3) is 0 Å². The Morgan fingerprint density at radius 1 is 1.88 bits per heavy atom. The van der Waals surface area contributed by atoms with Crippen LogP contribution in [0.5, 0.6) is 0 Å². The van der Waals surface area contributed by atoms with Crippen LogP contribution in [0, 0.1) is 0 Å². The second kappa shape index (κ2) is 2.24. The molecule has 3 nitrogen and oxygen atoms in total. The van der Waals surface area contributed by atoms with Crippen LogP contribution in [0.15, 0.2) is 0 Å². The van der Waals surface area contributed by atoms with Gasteiger partial charge in [-0.2, -0.15) is 0 Å². The van der Waals surface area contributed by atoms with Gasteiger partial charge in [-0.1, -0.05) is 0 Å². The normalized spacial score (nSPS) is 29.1. The first-order valence-corrected chi connectivity index (χ1v) is 2.57. The minimum atomic E-state index is -0.220. The third-order valence-electron chi connectivity index (χ3n) is 1.14. The SMILES string of the molecule is O=C1CO[C@H](CO)C1. The highest BCUT2D eigenvalue weighted by Gasteiger charge is 2.21. The van der Waals surface area contributed by atoms with Crippen molar-refractivity contribution in [3.63, 3.8) is 0 Å². The zero-order valence-electron chi connectivity index (χ0n) is 4.46. The van der Waals surface area contributed by atoms with Crippen molar-refractivity contribution in [2.75, 3.05) is 13.2 Å². The molecule has 1 atom stereocenters. The Kier molecular flexibility index (Phi) is 1.60. The number of Topliss-reactive ketones (excluding diaryl/α,β-unsaturated/α-hetero) is 1. The molecule has 0 aromatic heterocycles. The number of ether oxygens (including phenoxy) is 1. The number of ketones is 1. The molecule has 8 heavy (non-hydrogen) atoms. The Morgan fingerprint density at radius 3 is 2.88 bits per heavy atom. The lowest BCUT2D eigenvalue weighted by Gasteiger charge is -1.99. The highest BCUT2D eigenvalue weighted by Crippen LogP contribution is 2.06. The van der Waals surface area contributed by atoms with E-state index < -0.39 is 0 Å². The summed E-state index contributed by atoms with van der Waals surface area (Å²) in [5, 5.41) is 8.41. The lowest BCUT2D eigenvalue weighted by Crippen LogP contribution is -2.09. The summed E-state index contributed by atoms with van der Waals surface area (Å²) in [6.07, 6.45) is 0.166. The molecule has 0 aliphatic carbocycles. The molecular formula is C5H8O3. The molecule has 0 amide bonds. The van der Waals surface area contributed by atoms with Gasteiger partial charge in [-0.25, -0.2) is 0 Å². The van der Waals surface area contributed by atoms with Crippen molar-refractivity contribution in [1.29, 1.82) is 0 Å². The third-order valence-corrected chi connectivity index (χ3v) is 1.14. The molecule has 1 fully saturated rings. The van der Waals surface area contributed by atoms with E-state index in [0.717, 1.165) is 0 Å². The van der Waals surface area contributed by atoms with E-state index in [0.29, 0.717) is 6.42 Å². The van der Waals surface area contributed by atoms with Crippen molar-refractivity contribution >= 4 is 5.78 Å². The first-order chi connectivity index (χ1) is 3.83. The smallest absolute Gasteiger partial charge is 0.161 e. The van der Waals surface area contributed by atoms with Crippen molar-refractivity contribution in [3.05, 3.63) is 0 Å². The van der Waals surface area contributed by atoms with E-state index in [1.807, 2.05) is 0 Å². The van der Waals surface area contributed by atoms with E-state index in [9.17, 15) is 4.79 Å². The number of rotatable bonds is 1. The first kappa shape index (κ1) is 5.72. The van der Waals surface area contributed by atoms with Crippen LogP contribution in [0.2, 0.25) is 0 Å². The Balaban J connectivity index is 2.32. The van der Waals surface area contributed by atoms with E-state index in [-0.39, 0.29) is 25.1 Å². The Hall–Kier alpha value is -0.410. The summed E-state index contributed by atoms with van der Waals surface area (Å²) in [5.74, 6) is 0.0871. The maximum Gasteiger partial charge on any atom is 0.161 e. The second-order valence-electron chi connectivity index (χ2n) is 1.86. The molecule has 0 aromatic carbocycles. The highest BCUT2D eigenvalue weighted by molar-refractivity contribution is 5.81. The van der Waals surface area contributed by atoms with Gasteiger partial charge in [0.1, 0.15) is 6.61 Å². The number of carbonyl (C=O) groups is 1. The van der Waals surface area contributed by atoms with E-state index in [1.165, 1.54) is 0 Å². The van der Waals surface area contributed by atoms with Gasteiger partial charge >= 0.3 is 0 Å². The molecule has 46 valence electrons. The van der Waals surface area contributed by atoms with Crippen LogP contribution in [-0.4, -0.2) is 30.2 Å². The van der Waals surface area contributed by atoms with Crippen molar-refractivity contribution in [1.82, 2.24) is 0 Å². The van der Waals surface area contributed by atoms with Crippen molar-refractivity contribution in [2.24, 2.45) is 0 Å². The molecule has 0 spiro atoms. The van der Waals surface area contributed by atoms with Gasteiger partial charge in [0.2, 0.25) is 0 Å². The van der Waals surface area contributed by atoms with Gasteiger partial charge in [-0.05, 0) is 0 Å². The zero-order valence-corrected chi connectivity index (χ0v) is 4.46. The van der Waals surface area contributed by atoms with Crippen LogP contribution in [0.4, 0.5) is 0 Å². The van der Waals surface area contributed by atoms with Crippen LogP contribution in [0.1, 0.15) is 6.42 Å². The fraction of sp³-hybridized carbons (Fsp3) is 0.800. The highest BCUT2D eigenvalue weighted by atomic mass is 16.5. The summed E-state index contributed by atoms with van der Waals surface area (Å²) in [6, 6.07) is 0. The second-order valence-corrected chi connectivity index (χ2v) is 1.86. The van der Waals surface area contributed by atoms with Crippen molar-refractivity contribution in [2.45, 2.75) is 12.5 Å². The van der Waals surface area contributed by atoms with Gasteiger partial charge in [0, 0.05) is 6.42 Å². The van der Waals surface area contributed by atoms with Crippen LogP contribution >= 0.6 is 0 Å². The lowest BCUT2D eigenvalue weighted by atomic mass is 10.2. The summed E-state index contributed by atoms with van der Waals surface area (Å²) in [5.41, 5.74) is 0. The van der Waals surface area contributed by atoms with E-state index in [4.69, 9.17) is 9.84 Å².